The fourth-order valence-corrected chi connectivity index (χ4v) is 1.76. The molecule has 0 radical (unpaired) electrons. The topological polar surface area (TPSA) is 38.7 Å². The monoisotopic (exact) mass is 242 g/mol. The first-order valence-corrected chi connectivity index (χ1v) is 6.57. The molecule has 0 amide bonds. The molecule has 1 rings (SSSR count). The number of thioether (sulfide) groups is 1. The maximum atomic E-state index is 8.62. The van der Waals surface area contributed by atoms with E-state index in [1.54, 1.807) is 11.8 Å². The molecule has 90 valence electrons. The van der Waals surface area contributed by atoms with Crippen molar-refractivity contribution in [3.63, 3.8) is 0 Å². The Balaban J connectivity index is 2.34. The molecule has 0 atom stereocenters. The maximum absolute atomic E-state index is 8.62. The number of hydrogen-bond acceptors (Lipinski definition) is 4. The second-order valence-corrected chi connectivity index (χ2v) is 4.29. The molecular formula is C12H18O3S. The first-order chi connectivity index (χ1) is 7.88. The second-order valence-electron chi connectivity index (χ2n) is 3.06. The van der Waals surface area contributed by atoms with E-state index < -0.39 is 0 Å². The van der Waals surface area contributed by atoms with Gasteiger partial charge in [0.1, 0.15) is 0 Å². The van der Waals surface area contributed by atoms with Crippen molar-refractivity contribution in [2.24, 2.45) is 0 Å². The summed E-state index contributed by atoms with van der Waals surface area (Å²) in [5, 5.41) is 8.62. The van der Waals surface area contributed by atoms with E-state index in [4.69, 9.17) is 14.6 Å². The lowest BCUT2D eigenvalue weighted by molar-refractivity contribution is 0.289. The summed E-state index contributed by atoms with van der Waals surface area (Å²) >= 11 is 1.68. The molecule has 4 heteroatoms. The molecule has 0 aliphatic heterocycles. The van der Waals surface area contributed by atoms with Crippen molar-refractivity contribution < 1.29 is 14.6 Å². The predicted octanol–water partition coefficient (Wildman–Crippen LogP) is 2.19. The molecule has 3 nitrogen and oxygen atoms in total. The highest BCUT2D eigenvalue weighted by Gasteiger charge is 2.02. The molecule has 1 aromatic carbocycles. The quantitative estimate of drug-likeness (QED) is 0.709. The molecular weight excluding hydrogens is 224 g/mol. The summed E-state index contributed by atoms with van der Waals surface area (Å²) in [5.74, 6) is 3.21. The largest absolute Gasteiger partial charge is 0.490 e. The van der Waals surface area contributed by atoms with Crippen molar-refractivity contribution >= 4 is 11.8 Å². The Morgan fingerprint density at radius 2 is 1.81 bits per heavy atom. The van der Waals surface area contributed by atoms with E-state index in [0.29, 0.717) is 13.2 Å². The Hall–Kier alpha value is -0.870. The van der Waals surface area contributed by atoms with E-state index in [1.165, 1.54) is 0 Å². The molecule has 0 heterocycles. The third kappa shape index (κ3) is 4.77. The van der Waals surface area contributed by atoms with Gasteiger partial charge in [-0.15, -0.1) is 0 Å². The van der Waals surface area contributed by atoms with E-state index >= 15 is 0 Å². The van der Waals surface area contributed by atoms with Crippen LogP contribution in [0.5, 0.6) is 11.5 Å². The van der Waals surface area contributed by atoms with Crippen LogP contribution in [-0.4, -0.2) is 36.4 Å². The minimum Gasteiger partial charge on any atom is -0.490 e. The standard InChI is InChI=1S/C12H18O3S/c1-2-14-11-5-3-4-6-12(11)15-8-10-16-9-7-13/h3-6,13H,2,7-10H2,1H3. The summed E-state index contributed by atoms with van der Waals surface area (Å²) in [7, 11) is 0. The number of ether oxygens (including phenoxy) is 2. The van der Waals surface area contributed by atoms with E-state index in [0.717, 1.165) is 23.0 Å². The fraction of sp³-hybridized carbons (Fsp3) is 0.500. The van der Waals surface area contributed by atoms with Gasteiger partial charge in [-0.1, -0.05) is 12.1 Å². The van der Waals surface area contributed by atoms with E-state index in [2.05, 4.69) is 0 Å². The number of aliphatic hydroxyl groups excluding tert-OH is 1. The van der Waals surface area contributed by atoms with E-state index in [1.807, 2.05) is 31.2 Å². The molecule has 0 aliphatic carbocycles. The zero-order chi connectivity index (χ0) is 11.6. The van der Waals surface area contributed by atoms with Gasteiger partial charge in [0.25, 0.3) is 0 Å². The third-order valence-corrected chi connectivity index (χ3v) is 2.80. The van der Waals surface area contributed by atoms with Crippen molar-refractivity contribution in [1.82, 2.24) is 0 Å². The molecule has 0 unspecified atom stereocenters. The normalized spacial score (nSPS) is 10.1. The van der Waals surface area contributed by atoms with Crippen LogP contribution in [0.3, 0.4) is 0 Å². The lowest BCUT2D eigenvalue weighted by Gasteiger charge is -2.11. The summed E-state index contributed by atoms with van der Waals surface area (Å²) in [4.78, 5) is 0. The van der Waals surface area contributed by atoms with Crippen molar-refractivity contribution in [3.05, 3.63) is 24.3 Å². The van der Waals surface area contributed by atoms with E-state index in [-0.39, 0.29) is 6.61 Å². The highest BCUT2D eigenvalue weighted by molar-refractivity contribution is 7.99. The van der Waals surface area contributed by atoms with Crippen molar-refractivity contribution in [3.8, 4) is 11.5 Å². The molecule has 0 bridgehead atoms. The number of benzene rings is 1. The van der Waals surface area contributed by atoms with Crippen molar-refractivity contribution in [2.75, 3.05) is 31.3 Å². The van der Waals surface area contributed by atoms with E-state index in [9.17, 15) is 0 Å². The highest BCUT2D eigenvalue weighted by atomic mass is 32.2. The van der Waals surface area contributed by atoms with Gasteiger partial charge in [0.2, 0.25) is 0 Å². The Labute approximate surface area is 101 Å². The van der Waals surface area contributed by atoms with Gasteiger partial charge in [-0.3, -0.25) is 0 Å². The molecule has 0 spiro atoms. The highest BCUT2D eigenvalue weighted by Crippen LogP contribution is 2.26. The summed E-state index contributed by atoms with van der Waals surface area (Å²) in [6.45, 7) is 3.45. The summed E-state index contributed by atoms with van der Waals surface area (Å²) < 4.78 is 11.1. The fourth-order valence-electron chi connectivity index (χ4n) is 1.22. The SMILES string of the molecule is CCOc1ccccc1OCCSCCO. The Morgan fingerprint density at radius 3 is 2.44 bits per heavy atom. The van der Waals surface area contributed by atoms with Crippen LogP contribution in [-0.2, 0) is 0 Å². The lowest BCUT2D eigenvalue weighted by Crippen LogP contribution is -2.03. The van der Waals surface area contributed by atoms with Crippen LogP contribution in [0, 0.1) is 0 Å². The minimum atomic E-state index is 0.222. The lowest BCUT2D eigenvalue weighted by atomic mass is 10.3. The second kappa shape index (κ2) is 8.30. The average molecular weight is 242 g/mol. The van der Waals surface area contributed by atoms with Gasteiger partial charge in [0.05, 0.1) is 19.8 Å². The van der Waals surface area contributed by atoms with Crippen LogP contribution < -0.4 is 9.47 Å². The van der Waals surface area contributed by atoms with Crippen LogP contribution in [0.4, 0.5) is 0 Å². The Kier molecular flexibility index (Phi) is 6.85. The zero-order valence-electron chi connectivity index (χ0n) is 9.52. The summed E-state index contributed by atoms with van der Waals surface area (Å²) in [6.07, 6.45) is 0. The summed E-state index contributed by atoms with van der Waals surface area (Å²) in [6, 6.07) is 7.67. The van der Waals surface area contributed by atoms with Gasteiger partial charge >= 0.3 is 0 Å². The number of hydrogen-bond donors (Lipinski definition) is 1. The molecule has 0 aromatic heterocycles. The molecule has 0 saturated carbocycles. The molecule has 0 saturated heterocycles. The Bertz CT molecular complexity index is 291. The molecule has 0 fully saturated rings. The van der Waals surface area contributed by atoms with Crippen molar-refractivity contribution in [1.29, 1.82) is 0 Å². The third-order valence-electron chi connectivity index (χ3n) is 1.87. The number of para-hydroxylation sites is 2. The van der Waals surface area contributed by atoms with Gasteiger partial charge in [0, 0.05) is 11.5 Å². The van der Waals surface area contributed by atoms with Crippen LogP contribution in [0.2, 0.25) is 0 Å². The van der Waals surface area contributed by atoms with Crippen LogP contribution in [0.1, 0.15) is 6.92 Å². The van der Waals surface area contributed by atoms with Gasteiger partial charge in [-0.25, -0.2) is 0 Å². The van der Waals surface area contributed by atoms with Gasteiger partial charge < -0.3 is 14.6 Å². The summed E-state index contributed by atoms with van der Waals surface area (Å²) in [5.41, 5.74) is 0. The molecule has 1 aromatic rings. The zero-order valence-corrected chi connectivity index (χ0v) is 10.3. The van der Waals surface area contributed by atoms with Gasteiger partial charge in [0.15, 0.2) is 11.5 Å². The minimum absolute atomic E-state index is 0.222. The predicted molar refractivity (Wildman–Crippen MR) is 67.5 cm³/mol. The van der Waals surface area contributed by atoms with Crippen LogP contribution >= 0.6 is 11.8 Å². The van der Waals surface area contributed by atoms with Gasteiger partial charge in [-0.05, 0) is 19.1 Å². The number of rotatable bonds is 8. The number of aliphatic hydroxyl groups is 1. The molecule has 1 N–H and O–H groups in total. The average Bonchev–Trinajstić information content (AvgIpc) is 2.31. The van der Waals surface area contributed by atoms with Gasteiger partial charge in [-0.2, -0.15) is 11.8 Å². The molecule has 16 heavy (non-hydrogen) atoms. The Morgan fingerprint density at radius 1 is 1.12 bits per heavy atom. The van der Waals surface area contributed by atoms with Crippen molar-refractivity contribution in [2.45, 2.75) is 6.92 Å². The first kappa shape index (κ1) is 13.2. The smallest absolute Gasteiger partial charge is 0.161 e. The van der Waals surface area contributed by atoms with Crippen LogP contribution in [0.25, 0.3) is 0 Å². The first-order valence-electron chi connectivity index (χ1n) is 5.41. The maximum Gasteiger partial charge on any atom is 0.161 e. The van der Waals surface area contributed by atoms with Crippen LogP contribution in [0.15, 0.2) is 24.3 Å². The molecule has 0 aliphatic rings.